The molecule has 0 spiro atoms. The minimum atomic E-state index is -0.0763. The molecule has 1 aromatic rings. The smallest absolute Gasteiger partial charge is 0.141 e. The molecule has 3 heterocycles. The van der Waals surface area contributed by atoms with Crippen LogP contribution in [0.4, 0.5) is 0 Å². The monoisotopic (exact) mass is 407 g/mol. The molecule has 3 aliphatic heterocycles. The Morgan fingerprint density at radius 3 is 2.75 bits per heavy atom. The molecule has 1 saturated carbocycles. The standard InChI is InChI=1S/C21H26ClNO5/c1-21(11-25-12-21)20-7-17(23-13-2-3-13)15-6-16(22)19(8-18(15)28-20)27-10-14-9-24-4-5-26-14/h6-8,13-14,20,23H,2-5,9-12H2,1H3/t14-,20?/m1/s1. The summed E-state index contributed by atoms with van der Waals surface area (Å²) in [7, 11) is 0. The van der Waals surface area contributed by atoms with E-state index in [1.165, 1.54) is 12.8 Å². The lowest BCUT2D eigenvalue weighted by Crippen LogP contribution is -2.51. The minimum Gasteiger partial charge on any atom is -0.489 e. The molecule has 2 atom stereocenters. The highest BCUT2D eigenvalue weighted by atomic mass is 35.5. The van der Waals surface area contributed by atoms with Gasteiger partial charge < -0.3 is 29.0 Å². The fourth-order valence-corrected chi connectivity index (χ4v) is 3.90. The molecule has 1 aliphatic carbocycles. The van der Waals surface area contributed by atoms with Crippen LogP contribution in [0, 0.1) is 5.41 Å². The Kier molecular flexibility index (Phi) is 4.91. The summed E-state index contributed by atoms with van der Waals surface area (Å²) >= 11 is 6.53. The first-order valence-corrected chi connectivity index (χ1v) is 10.4. The van der Waals surface area contributed by atoms with Crippen LogP contribution in [0.5, 0.6) is 11.5 Å². The van der Waals surface area contributed by atoms with Gasteiger partial charge >= 0.3 is 0 Å². The van der Waals surface area contributed by atoms with Gasteiger partial charge in [-0.2, -0.15) is 0 Å². The number of benzene rings is 1. The summed E-state index contributed by atoms with van der Waals surface area (Å²) in [5.41, 5.74) is 2.07. The van der Waals surface area contributed by atoms with Crippen LogP contribution in [0.2, 0.25) is 5.02 Å². The average Bonchev–Trinajstić information content (AvgIpc) is 3.49. The van der Waals surface area contributed by atoms with E-state index < -0.39 is 0 Å². The Balaban J connectivity index is 1.38. The molecule has 3 fully saturated rings. The molecule has 2 saturated heterocycles. The first-order valence-electron chi connectivity index (χ1n) is 9.99. The zero-order chi connectivity index (χ0) is 19.1. The highest BCUT2D eigenvalue weighted by molar-refractivity contribution is 6.32. The van der Waals surface area contributed by atoms with Crippen LogP contribution in [0.3, 0.4) is 0 Å². The molecule has 6 nitrogen and oxygen atoms in total. The number of ether oxygens (including phenoxy) is 5. The summed E-state index contributed by atoms with van der Waals surface area (Å²) in [6, 6.07) is 4.38. The van der Waals surface area contributed by atoms with Crippen molar-refractivity contribution in [3.63, 3.8) is 0 Å². The van der Waals surface area contributed by atoms with Crippen LogP contribution < -0.4 is 14.8 Å². The molecule has 0 aromatic heterocycles. The van der Waals surface area contributed by atoms with E-state index in [4.69, 9.17) is 35.3 Å². The number of rotatable bonds is 6. The minimum absolute atomic E-state index is 0.0118. The van der Waals surface area contributed by atoms with Gasteiger partial charge in [-0.3, -0.25) is 0 Å². The van der Waals surface area contributed by atoms with Crippen LogP contribution >= 0.6 is 11.6 Å². The lowest BCUT2D eigenvalue weighted by Gasteiger charge is -2.44. The second-order valence-electron chi connectivity index (χ2n) is 8.34. The van der Waals surface area contributed by atoms with Crippen molar-refractivity contribution in [2.45, 2.75) is 38.0 Å². The van der Waals surface area contributed by atoms with E-state index in [2.05, 4.69) is 18.3 Å². The van der Waals surface area contributed by atoms with Gasteiger partial charge in [-0.05, 0) is 25.0 Å². The van der Waals surface area contributed by atoms with Crippen LogP contribution in [-0.2, 0) is 14.2 Å². The normalized spacial score (nSPS) is 28.4. The molecule has 0 radical (unpaired) electrons. The first kappa shape index (κ1) is 18.6. The van der Waals surface area contributed by atoms with Gasteiger partial charge in [-0.15, -0.1) is 0 Å². The van der Waals surface area contributed by atoms with E-state index >= 15 is 0 Å². The lowest BCUT2D eigenvalue weighted by atomic mass is 9.80. The Bertz CT molecular complexity index is 768. The van der Waals surface area contributed by atoms with Crippen molar-refractivity contribution >= 4 is 17.3 Å². The maximum atomic E-state index is 6.53. The predicted octanol–water partition coefficient (Wildman–Crippen LogP) is 3.02. The molecule has 0 amide bonds. The largest absolute Gasteiger partial charge is 0.489 e. The number of nitrogens with one attached hydrogen (secondary N) is 1. The maximum Gasteiger partial charge on any atom is 0.141 e. The van der Waals surface area contributed by atoms with Crippen molar-refractivity contribution in [1.82, 2.24) is 5.32 Å². The molecule has 1 aromatic carbocycles. The van der Waals surface area contributed by atoms with E-state index in [-0.39, 0.29) is 17.6 Å². The molecule has 1 N–H and O–H groups in total. The third kappa shape index (κ3) is 3.71. The summed E-state index contributed by atoms with van der Waals surface area (Å²) in [4.78, 5) is 0. The fraction of sp³-hybridized carbons (Fsp3) is 0.619. The zero-order valence-corrected chi connectivity index (χ0v) is 16.8. The summed E-state index contributed by atoms with van der Waals surface area (Å²) in [5, 5.41) is 4.20. The molecule has 1 unspecified atom stereocenters. The van der Waals surface area contributed by atoms with Crippen LogP contribution in [0.15, 0.2) is 18.2 Å². The highest BCUT2D eigenvalue weighted by Crippen LogP contribution is 2.44. The van der Waals surface area contributed by atoms with Crippen LogP contribution in [0.1, 0.15) is 25.3 Å². The number of hydrogen-bond donors (Lipinski definition) is 1. The van der Waals surface area contributed by atoms with Gasteiger partial charge in [-0.25, -0.2) is 0 Å². The topological polar surface area (TPSA) is 58.2 Å². The van der Waals surface area contributed by atoms with Crippen LogP contribution in [0.25, 0.3) is 5.70 Å². The fourth-order valence-electron chi connectivity index (χ4n) is 3.69. The lowest BCUT2D eigenvalue weighted by molar-refractivity contribution is -0.141. The third-order valence-corrected chi connectivity index (χ3v) is 5.99. The predicted molar refractivity (Wildman–Crippen MR) is 105 cm³/mol. The van der Waals surface area contributed by atoms with Gasteiger partial charge in [0.05, 0.1) is 43.5 Å². The van der Waals surface area contributed by atoms with Crippen molar-refractivity contribution in [3.8, 4) is 11.5 Å². The number of fused-ring (bicyclic) bond motifs is 1. The highest BCUT2D eigenvalue weighted by Gasteiger charge is 2.44. The molecular formula is C21H26ClNO5. The van der Waals surface area contributed by atoms with Crippen molar-refractivity contribution in [2.75, 3.05) is 39.6 Å². The van der Waals surface area contributed by atoms with Gasteiger partial charge in [0.2, 0.25) is 0 Å². The number of halogens is 1. The second kappa shape index (κ2) is 7.41. The van der Waals surface area contributed by atoms with Crippen molar-refractivity contribution < 1.29 is 23.7 Å². The third-order valence-electron chi connectivity index (χ3n) is 5.69. The molecule has 7 heteroatoms. The summed E-state index contributed by atoms with van der Waals surface area (Å²) in [5.74, 6) is 1.40. The molecule has 5 rings (SSSR count). The van der Waals surface area contributed by atoms with Crippen molar-refractivity contribution in [2.24, 2.45) is 5.41 Å². The SMILES string of the molecule is CC1(C2C=C(NC3CC3)c3cc(Cl)c(OC[C@H]4COCCO4)cc3O2)COC1. The van der Waals surface area contributed by atoms with Gasteiger partial charge in [0.25, 0.3) is 0 Å². The maximum absolute atomic E-state index is 6.53. The van der Waals surface area contributed by atoms with Gasteiger partial charge in [0.15, 0.2) is 0 Å². The Labute approximate surface area is 170 Å². The molecular weight excluding hydrogens is 382 g/mol. The molecule has 28 heavy (non-hydrogen) atoms. The summed E-state index contributed by atoms with van der Waals surface area (Å²) in [6.07, 6.45) is 4.48. The quantitative estimate of drug-likeness (QED) is 0.782. The van der Waals surface area contributed by atoms with Gasteiger partial charge in [0.1, 0.15) is 30.3 Å². The first-order chi connectivity index (χ1) is 13.6. The van der Waals surface area contributed by atoms with Gasteiger partial charge in [-0.1, -0.05) is 18.5 Å². The van der Waals surface area contributed by atoms with E-state index in [0.717, 1.165) is 17.0 Å². The van der Waals surface area contributed by atoms with Gasteiger partial charge in [0, 0.05) is 23.4 Å². The number of hydrogen-bond acceptors (Lipinski definition) is 6. The molecule has 4 aliphatic rings. The average molecular weight is 408 g/mol. The molecule has 152 valence electrons. The van der Waals surface area contributed by atoms with E-state index in [0.29, 0.717) is 56.5 Å². The van der Waals surface area contributed by atoms with E-state index in [1.807, 2.05) is 12.1 Å². The van der Waals surface area contributed by atoms with Crippen molar-refractivity contribution in [3.05, 3.63) is 28.8 Å². The Morgan fingerprint density at radius 2 is 2.07 bits per heavy atom. The van der Waals surface area contributed by atoms with E-state index in [9.17, 15) is 0 Å². The Morgan fingerprint density at radius 1 is 1.21 bits per heavy atom. The van der Waals surface area contributed by atoms with Crippen LogP contribution in [-0.4, -0.2) is 57.9 Å². The second-order valence-corrected chi connectivity index (χ2v) is 8.75. The molecule has 0 bridgehead atoms. The van der Waals surface area contributed by atoms with Crippen molar-refractivity contribution in [1.29, 1.82) is 0 Å². The van der Waals surface area contributed by atoms with E-state index in [1.54, 1.807) is 0 Å². The summed E-state index contributed by atoms with van der Waals surface area (Å²) in [6.45, 7) is 5.78. The summed E-state index contributed by atoms with van der Waals surface area (Å²) < 4.78 is 28.8. The zero-order valence-electron chi connectivity index (χ0n) is 16.0. The Hall–Kier alpha value is -1.47.